The number of thiazole rings is 1. The number of aromatic nitrogens is 3. The maximum atomic E-state index is 9.46. The van der Waals surface area contributed by atoms with Crippen LogP contribution in [0.5, 0.6) is 0 Å². The lowest BCUT2D eigenvalue weighted by atomic mass is 10.1. The molecule has 1 aliphatic rings. The summed E-state index contributed by atoms with van der Waals surface area (Å²) in [5, 5.41) is 17.2. The normalized spacial score (nSPS) is 18.0. The van der Waals surface area contributed by atoms with Gasteiger partial charge in [0.2, 0.25) is 0 Å². The molecule has 1 atom stereocenters. The van der Waals surface area contributed by atoms with E-state index in [0.29, 0.717) is 18.2 Å². The Kier molecular flexibility index (Phi) is 3.66. The van der Waals surface area contributed by atoms with E-state index in [9.17, 15) is 5.11 Å². The molecule has 102 valence electrons. The lowest BCUT2D eigenvalue weighted by Crippen LogP contribution is -2.03. The van der Waals surface area contributed by atoms with Gasteiger partial charge < -0.3 is 5.11 Å². The van der Waals surface area contributed by atoms with Crippen molar-refractivity contribution in [3.05, 3.63) is 34.0 Å². The molecule has 19 heavy (non-hydrogen) atoms. The summed E-state index contributed by atoms with van der Waals surface area (Å²) in [6.45, 7) is 2.42. The molecule has 2 heterocycles. The minimum absolute atomic E-state index is 0.509. The van der Waals surface area contributed by atoms with Crippen LogP contribution in [0.3, 0.4) is 0 Å². The summed E-state index contributed by atoms with van der Waals surface area (Å²) in [4.78, 5) is 4.74. The monoisotopic (exact) mass is 277 g/mol. The predicted octanol–water partition coefficient (Wildman–Crippen LogP) is 3.10. The van der Waals surface area contributed by atoms with Gasteiger partial charge >= 0.3 is 0 Å². The van der Waals surface area contributed by atoms with Crippen molar-refractivity contribution in [2.45, 2.75) is 51.2 Å². The van der Waals surface area contributed by atoms with E-state index in [1.807, 2.05) is 16.9 Å². The molecule has 0 amide bonds. The number of aliphatic hydroxyl groups excluding tert-OH is 1. The Labute approximate surface area is 117 Å². The summed E-state index contributed by atoms with van der Waals surface area (Å²) in [5.74, 6) is 0.685. The van der Waals surface area contributed by atoms with Crippen molar-refractivity contribution in [2.75, 3.05) is 0 Å². The molecule has 0 aromatic carbocycles. The predicted molar refractivity (Wildman–Crippen MR) is 75.3 cm³/mol. The van der Waals surface area contributed by atoms with Gasteiger partial charge in [-0.3, -0.25) is 4.68 Å². The zero-order valence-corrected chi connectivity index (χ0v) is 11.9. The van der Waals surface area contributed by atoms with Gasteiger partial charge in [-0.25, -0.2) is 4.98 Å². The van der Waals surface area contributed by atoms with Crippen molar-refractivity contribution in [2.24, 2.45) is 0 Å². The van der Waals surface area contributed by atoms with Crippen LogP contribution in [0.1, 0.15) is 61.0 Å². The molecular formula is C14H19N3OS. The first-order chi connectivity index (χ1) is 9.22. The molecule has 1 saturated carbocycles. The molecule has 1 unspecified atom stereocenters. The van der Waals surface area contributed by atoms with Gasteiger partial charge in [-0.05, 0) is 25.8 Å². The highest BCUT2D eigenvalue weighted by molar-refractivity contribution is 7.09. The van der Waals surface area contributed by atoms with Crippen molar-refractivity contribution in [1.29, 1.82) is 0 Å². The Morgan fingerprint density at radius 2 is 2.26 bits per heavy atom. The third-order valence-corrected chi connectivity index (χ3v) is 4.74. The number of hydrogen-bond acceptors (Lipinski definition) is 4. The molecule has 4 nitrogen and oxygen atoms in total. The van der Waals surface area contributed by atoms with Gasteiger partial charge in [0.25, 0.3) is 0 Å². The summed E-state index contributed by atoms with van der Waals surface area (Å²) in [5.41, 5.74) is 1.79. The highest BCUT2D eigenvalue weighted by atomic mass is 32.1. The second-order valence-electron chi connectivity index (χ2n) is 5.27. The SMILES string of the molecule is CC(O)c1ccn(Cc2csc(C3CCCC3)n2)n1. The number of nitrogens with zero attached hydrogens (tertiary/aromatic N) is 3. The number of hydrogen-bond donors (Lipinski definition) is 1. The molecule has 0 saturated heterocycles. The first-order valence-electron chi connectivity index (χ1n) is 6.88. The van der Waals surface area contributed by atoms with Crippen molar-refractivity contribution >= 4 is 11.3 Å². The number of rotatable bonds is 4. The molecule has 1 fully saturated rings. The fourth-order valence-corrected chi connectivity index (χ4v) is 3.59. The lowest BCUT2D eigenvalue weighted by molar-refractivity contribution is 0.193. The molecule has 5 heteroatoms. The second-order valence-corrected chi connectivity index (χ2v) is 6.16. The van der Waals surface area contributed by atoms with Crippen molar-refractivity contribution in [3.63, 3.8) is 0 Å². The maximum absolute atomic E-state index is 9.46. The van der Waals surface area contributed by atoms with Gasteiger partial charge in [0, 0.05) is 17.5 Å². The standard InChI is InChI=1S/C14H19N3OS/c1-10(18)13-6-7-17(16-13)8-12-9-19-14(15-12)11-4-2-3-5-11/h6-7,9-11,18H,2-5,8H2,1H3. The number of aliphatic hydroxyl groups is 1. The quantitative estimate of drug-likeness (QED) is 0.934. The molecule has 1 aliphatic carbocycles. The van der Waals surface area contributed by atoms with Crippen LogP contribution in [0, 0.1) is 0 Å². The summed E-state index contributed by atoms with van der Waals surface area (Å²) in [7, 11) is 0. The zero-order chi connectivity index (χ0) is 13.2. The van der Waals surface area contributed by atoms with E-state index in [1.54, 1.807) is 18.3 Å². The molecule has 2 aromatic heterocycles. The smallest absolute Gasteiger partial charge is 0.0960 e. The molecular weight excluding hydrogens is 258 g/mol. The van der Waals surface area contributed by atoms with Crippen LogP contribution >= 0.6 is 11.3 Å². The third kappa shape index (κ3) is 2.87. The summed E-state index contributed by atoms with van der Waals surface area (Å²) in [6, 6.07) is 1.86. The van der Waals surface area contributed by atoms with Crippen LogP contribution in [0.25, 0.3) is 0 Å². The average molecular weight is 277 g/mol. The van der Waals surface area contributed by atoms with Crippen molar-refractivity contribution in [1.82, 2.24) is 14.8 Å². The summed E-state index contributed by atoms with van der Waals surface area (Å²) in [6.07, 6.45) is 6.66. The minimum Gasteiger partial charge on any atom is -0.387 e. The first kappa shape index (κ1) is 12.8. The average Bonchev–Trinajstić information content (AvgIpc) is 3.09. The van der Waals surface area contributed by atoms with Crippen molar-refractivity contribution in [3.8, 4) is 0 Å². The van der Waals surface area contributed by atoms with E-state index in [2.05, 4.69) is 10.5 Å². The lowest BCUT2D eigenvalue weighted by Gasteiger charge is -2.03. The van der Waals surface area contributed by atoms with Crippen LogP contribution in [0.2, 0.25) is 0 Å². The fraction of sp³-hybridized carbons (Fsp3) is 0.571. The summed E-state index contributed by atoms with van der Waals surface area (Å²) < 4.78 is 1.84. The van der Waals surface area contributed by atoms with Gasteiger partial charge in [0.15, 0.2) is 0 Å². The fourth-order valence-electron chi connectivity index (χ4n) is 2.61. The Morgan fingerprint density at radius 1 is 1.47 bits per heavy atom. The van der Waals surface area contributed by atoms with E-state index in [4.69, 9.17) is 4.98 Å². The molecule has 0 radical (unpaired) electrons. The van der Waals surface area contributed by atoms with Gasteiger partial charge in [0.05, 0.1) is 29.0 Å². The Morgan fingerprint density at radius 3 is 2.95 bits per heavy atom. The molecule has 1 N–H and O–H groups in total. The zero-order valence-electron chi connectivity index (χ0n) is 11.1. The van der Waals surface area contributed by atoms with Gasteiger partial charge in [0.1, 0.15) is 0 Å². The third-order valence-electron chi connectivity index (χ3n) is 3.69. The molecule has 0 aliphatic heterocycles. The van der Waals surface area contributed by atoms with Gasteiger partial charge in [-0.1, -0.05) is 12.8 Å². The minimum atomic E-state index is -0.509. The van der Waals surface area contributed by atoms with E-state index >= 15 is 0 Å². The van der Waals surface area contributed by atoms with E-state index < -0.39 is 6.10 Å². The highest BCUT2D eigenvalue weighted by Gasteiger charge is 2.20. The highest BCUT2D eigenvalue weighted by Crippen LogP contribution is 2.35. The van der Waals surface area contributed by atoms with Crippen LogP contribution in [-0.2, 0) is 6.54 Å². The van der Waals surface area contributed by atoms with Crippen LogP contribution in [0.4, 0.5) is 0 Å². The van der Waals surface area contributed by atoms with E-state index in [0.717, 1.165) is 5.69 Å². The molecule has 2 aromatic rings. The molecule has 3 rings (SSSR count). The van der Waals surface area contributed by atoms with Crippen LogP contribution < -0.4 is 0 Å². The Hall–Kier alpha value is -1.20. The second kappa shape index (κ2) is 5.43. The van der Waals surface area contributed by atoms with E-state index in [-0.39, 0.29) is 0 Å². The van der Waals surface area contributed by atoms with Crippen LogP contribution in [0.15, 0.2) is 17.6 Å². The van der Waals surface area contributed by atoms with Crippen LogP contribution in [-0.4, -0.2) is 19.9 Å². The Balaban J connectivity index is 1.68. The maximum Gasteiger partial charge on any atom is 0.0960 e. The molecule has 0 spiro atoms. The van der Waals surface area contributed by atoms with Crippen molar-refractivity contribution < 1.29 is 5.11 Å². The van der Waals surface area contributed by atoms with Gasteiger partial charge in [-0.15, -0.1) is 11.3 Å². The summed E-state index contributed by atoms with van der Waals surface area (Å²) >= 11 is 1.78. The first-order valence-corrected chi connectivity index (χ1v) is 7.76. The topological polar surface area (TPSA) is 50.9 Å². The largest absolute Gasteiger partial charge is 0.387 e. The Bertz CT molecular complexity index is 540. The van der Waals surface area contributed by atoms with Gasteiger partial charge in [-0.2, -0.15) is 5.10 Å². The van der Waals surface area contributed by atoms with E-state index in [1.165, 1.54) is 30.7 Å². The molecule has 0 bridgehead atoms.